The Morgan fingerprint density at radius 1 is 1.47 bits per heavy atom. The van der Waals surface area contributed by atoms with Crippen molar-refractivity contribution < 1.29 is 4.79 Å². The highest BCUT2D eigenvalue weighted by Crippen LogP contribution is 2.32. The molecule has 1 aromatic heterocycles. The summed E-state index contributed by atoms with van der Waals surface area (Å²) in [5.74, 6) is 0.216. The van der Waals surface area contributed by atoms with Crippen LogP contribution in [0.5, 0.6) is 0 Å². The van der Waals surface area contributed by atoms with E-state index in [-0.39, 0.29) is 5.91 Å². The molecule has 2 atom stereocenters. The van der Waals surface area contributed by atoms with Crippen LogP contribution in [0.4, 0.5) is 0 Å². The van der Waals surface area contributed by atoms with Crippen molar-refractivity contribution in [1.82, 2.24) is 4.90 Å². The molecule has 3 heteroatoms. The standard InChI is InChI=1S/C12H13NOS/c14-12(9-6-7-15-8-9)13-10-2-1-3-11(13)5-4-10/h1-2,6-8,10-11H,3-5H2. The van der Waals surface area contributed by atoms with E-state index in [1.54, 1.807) is 11.3 Å². The molecule has 0 radical (unpaired) electrons. The fourth-order valence-corrected chi connectivity index (χ4v) is 3.21. The number of carbonyl (C=O) groups is 1. The van der Waals surface area contributed by atoms with Gasteiger partial charge in [-0.05, 0) is 30.7 Å². The number of hydrogen-bond acceptors (Lipinski definition) is 2. The quantitative estimate of drug-likeness (QED) is 0.665. The summed E-state index contributed by atoms with van der Waals surface area (Å²) in [7, 11) is 0. The van der Waals surface area contributed by atoms with Crippen molar-refractivity contribution in [3.05, 3.63) is 34.5 Å². The van der Waals surface area contributed by atoms with E-state index in [1.807, 2.05) is 16.8 Å². The molecule has 3 rings (SSSR count). The minimum atomic E-state index is 0.216. The lowest BCUT2D eigenvalue weighted by molar-refractivity contribution is 0.0689. The van der Waals surface area contributed by atoms with Crippen LogP contribution in [0.15, 0.2) is 29.0 Å². The van der Waals surface area contributed by atoms with Gasteiger partial charge in [0.25, 0.3) is 5.91 Å². The first kappa shape index (κ1) is 9.16. The van der Waals surface area contributed by atoms with E-state index in [1.165, 1.54) is 0 Å². The summed E-state index contributed by atoms with van der Waals surface area (Å²) in [4.78, 5) is 14.3. The molecular formula is C12H13NOS. The molecule has 0 spiro atoms. The molecule has 15 heavy (non-hydrogen) atoms. The summed E-state index contributed by atoms with van der Waals surface area (Å²) >= 11 is 1.59. The van der Waals surface area contributed by atoms with Crippen LogP contribution >= 0.6 is 11.3 Å². The highest BCUT2D eigenvalue weighted by molar-refractivity contribution is 7.08. The van der Waals surface area contributed by atoms with Crippen LogP contribution in [-0.2, 0) is 0 Å². The zero-order chi connectivity index (χ0) is 10.3. The van der Waals surface area contributed by atoms with Gasteiger partial charge in [0, 0.05) is 11.4 Å². The van der Waals surface area contributed by atoms with E-state index in [2.05, 4.69) is 17.1 Å². The first-order valence-electron chi connectivity index (χ1n) is 5.38. The summed E-state index contributed by atoms with van der Waals surface area (Å²) in [6, 6.07) is 2.73. The molecule has 0 saturated carbocycles. The average molecular weight is 219 g/mol. The Hall–Kier alpha value is -1.09. The molecule has 2 aliphatic heterocycles. The SMILES string of the molecule is O=C(c1ccsc1)N1C2C=CCC1CC2. The Kier molecular flexibility index (Phi) is 2.13. The van der Waals surface area contributed by atoms with E-state index in [9.17, 15) is 4.79 Å². The van der Waals surface area contributed by atoms with Crippen LogP contribution in [-0.4, -0.2) is 22.9 Å². The van der Waals surface area contributed by atoms with Crippen LogP contribution in [0.1, 0.15) is 29.6 Å². The van der Waals surface area contributed by atoms with Gasteiger partial charge >= 0.3 is 0 Å². The monoisotopic (exact) mass is 219 g/mol. The summed E-state index contributed by atoms with van der Waals surface area (Å²) in [6.45, 7) is 0. The van der Waals surface area contributed by atoms with Crippen molar-refractivity contribution in [2.45, 2.75) is 31.3 Å². The predicted octanol–water partition coefficient (Wildman–Crippen LogP) is 2.68. The normalized spacial score (nSPS) is 28.4. The minimum absolute atomic E-state index is 0.216. The molecule has 1 saturated heterocycles. The van der Waals surface area contributed by atoms with Gasteiger partial charge in [0.1, 0.15) is 0 Å². The summed E-state index contributed by atoms with van der Waals surface area (Å²) in [5, 5.41) is 3.91. The van der Waals surface area contributed by atoms with Crippen molar-refractivity contribution >= 4 is 17.2 Å². The van der Waals surface area contributed by atoms with Gasteiger partial charge in [-0.25, -0.2) is 0 Å². The highest BCUT2D eigenvalue weighted by atomic mass is 32.1. The van der Waals surface area contributed by atoms with Crippen LogP contribution in [0.3, 0.4) is 0 Å². The zero-order valence-electron chi connectivity index (χ0n) is 8.43. The molecule has 3 heterocycles. The van der Waals surface area contributed by atoms with Crippen LogP contribution < -0.4 is 0 Å². The molecule has 0 aromatic carbocycles. The van der Waals surface area contributed by atoms with Crippen molar-refractivity contribution in [2.75, 3.05) is 0 Å². The Bertz CT molecular complexity index is 396. The molecular weight excluding hydrogens is 206 g/mol. The van der Waals surface area contributed by atoms with E-state index >= 15 is 0 Å². The number of fused-ring (bicyclic) bond motifs is 2. The second kappa shape index (κ2) is 3.49. The number of hydrogen-bond donors (Lipinski definition) is 0. The number of amides is 1. The lowest BCUT2D eigenvalue weighted by Crippen LogP contribution is -2.41. The summed E-state index contributed by atoms with van der Waals surface area (Å²) in [5.41, 5.74) is 0.854. The molecule has 1 fully saturated rings. The van der Waals surface area contributed by atoms with Gasteiger partial charge in [-0.3, -0.25) is 4.79 Å². The number of nitrogens with zero attached hydrogens (tertiary/aromatic N) is 1. The number of thiophene rings is 1. The van der Waals surface area contributed by atoms with Crippen LogP contribution in [0.25, 0.3) is 0 Å². The van der Waals surface area contributed by atoms with E-state index in [4.69, 9.17) is 0 Å². The topological polar surface area (TPSA) is 20.3 Å². The Labute approximate surface area is 93.2 Å². The fraction of sp³-hybridized carbons (Fsp3) is 0.417. The van der Waals surface area contributed by atoms with Gasteiger partial charge in [0.15, 0.2) is 0 Å². The Balaban J connectivity index is 1.89. The zero-order valence-corrected chi connectivity index (χ0v) is 9.24. The third-order valence-corrected chi connectivity index (χ3v) is 4.00. The van der Waals surface area contributed by atoms with Gasteiger partial charge < -0.3 is 4.90 Å². The first-order valence-corrected chi connectivity index (χ1v) is 6.32. The third kappa shape index (κ3) is 1.42. The fourth-order valence-electron chi connectivity index (χ4n) is 2.58. The smallest absolute Gasteiger partial charge is 0.255 e. The van der Waals surface area contributed by atoms with Crippen LogP contribution in [0.2, 0.25) is 0 Å². The first-order chi connectivity index (χ1) is 7.36. The lowest BCUT2D eigenvalue weighted by Gasteiger charge is -2.31. The largest absolute Gasteiger partial charge is 0.329 e. The second-order valence-electron chi connectivity index (χ2n) is 4.19. The van der Waals surface area contributed by atoms with Crippen molar-refractivity contribution in [1.29, 1.82) is 0 Å². The van der Waals surface area contributed by atoms with Gasteiger partial charge in [0.05, 0.1) is 11.6 Å². The summed E-state index contributed by atoms with van der Waals surface area (Å²) < 4.78 is 0. The van der Waals surface area contributed by atoms with Gasteiger partial charge in [-0.2, -0.15) is 11.3 Å². The van der Waals surface area contributed by atoms with Gasteiger partial charge in [-0.15, -0.1) is 0 Å². The molecule has 2 nitrogen and oxygen atoms in total. The Morgan fingerprint density at radius 2 is 2.40 bits per heavy atom. The molecule has 2 bridgehead atoms. The number of carbonyl (C=O) groups excluding carboxylic acids is 1. The highest BCUT2D eigenvalue weighted by Gasteiger charge is 2.37. The van der Waals surface area contributed by atoms with Gasteiger partial charge in [0.2, 0.25) is 0 Å². The molecule has 0 N–H and O–H groups in total. The van der Waals surface area contributed by atoms with E-state index in [0.717, 1.165) is 24.8 Å². The molecule has 2 unspecified atom stereocenters. The van der Waals surface area contributed by atoms with Gasteiger partial charge in [-0.1, -0.05) is 12.2 Å². The van der Waals surface area contributed by atoms with Crippen LogP contribution in [0, 0.1) is 0 Å². The molecule has 0 aliphatic carbocycles. The maximum absolute atomic E-state index is 12.2. The number of rotatable bonds is 1. The molecule has 2 aliphatic rings. The lowest BCUT2D eigenvalue weighted by atomic mass is 10.1. The molecule has 78 valence electrons. The predicted molar refractivity (Wildman–Crippen MR) is 61.1 cm³/mol. The molecule has 1 amide bonds. The van der Waals surface area contributed by atoms with Crippen molar-refractivity contribution in [3.8, 4) is 0 Å². The second-order valence-corrected chi connectivity index (χ2v) is 4.97. The van der Waals surface area contributed by atoms with Crippen molar-refractivity contribution in [3.63, 3.8) is 0 Å². The minimum Gasteiger partial charge on any atom is -0.329 e. The average Bonchev–Trinajstić information content (AvgIpc) is 2.85. The third-order valence-electron chi connectivity index (χ3n) is 3.32. The van der Waals surface area contributed by atoms with E-state index < -0.39 is 0 Å². The molecule has 1 aromatic rings. The van der Waals surface area contributed by atoms with Crippen molar-refractivity contribution in [2.24, 2.45) is 0 Å². The summed E-state index contributed by atoms with van der Waals surface area (Å²) in [6.07, 6.45) is 7.74. The maximum atomic E-state index is 12.2. The Morgan fingerprint density at radius 3 is 3.13 bits per heavy atom. The van der Waals surface area contributed by atoms with E-state index in [0.29, 0.717) is 12.1 Å². The maximum Gasteiger partial charge on any atom is 0.255 e.